The number of hydrogen-bond donors (Lipinski definition) is 2. The van der Waals surface area contributed by atoms with E-state index in [9.17, 15) is 0 Å². The van der Waals surface area contributed by atoms with E-state index in [-0.39, 0.29) is 6.04 Å². The molecule has 1 atom stereocenters. The van der Waals surface area contributed by atoms with Crippen LogP contribution in [0.2, 0.25) is 0 Å². The second-order valence-electron chi connectivity index (χ2n) is 5.58. The molecule has 0 radical (unpaired) electrons. The molecule has 3 nitrogen and oxygen atoms in total. The summed E-state index contributed by atoms with van der Waals surface area (Å²) in [7, 11) is 0. The molecule has 0 bridgehead atoms. The lowest BCUT2D eigenvalue weighted by Crippen LogP contribution is -2.29. The predicted molar refractivity (Wildman–Crippen MR) is 83.5 cm³/mol. The van der Waals surface area contributed by atoms with E-state index in [0.717, 1.165) is 17.0 Å². The zero-order chi connectivity index (χ0) is 14.9. The van der Waals surface area contributed by atoms with Crippen molar-refractivity contribution < 1.29 is 0 Å². The van der Waals surface area contributed by atoms with E-state index in [1.807, 2.05) is 13.8 Å². The number of hydrazine groups is 1. The van der Waals surface area contributed by atoms with Crippen LogP contribution >= 0.6 is 0 Å². The molecule has 1 heterocycles. The van der Waals surface area contributed by atoms with Crippen LogP contribution in [0.5, 0.6) is 0 Å². The second-order valence-corrected chi connectivity index (χ2v) is 5.58. The maximum Gasteiger partial charge on any atom is 0.0714 e. The van der Waals surface area contributed by atoms with Gasteiger partial charge in [-0.25, -0.2) is 5.43 Å². The van der Waals surface area contributed by atoms with E-state index >= 15 is 0 Å². The maximum atomic E-state index is 5.82. The Bertz CT molecular complexity index is 612. The minimum absolute atomic E-state index is 0.00491. The third-order valence-corrected chi connectivity index (χ3v) is 3.80. The summed E-state index contributed by atoms with van der Waals surface area (Å²) < 4.78 is 0. The van der Waals surface area contributed by atoms with Crippen molar-refractivity contribution >= 4 is 0 Å². The molecular weight excluding hydrogens is 246 g/mol. The van der Waals surface area contributed by atoms with Gasteiger partial charge in [0, 0.05) is 11.4 Å². The van der Waals surface area contributed by atoms with Crippen LogP contribution in [0, 0.1) is 34.6 Å². The standard InChI is InChI=1S/C17H23N3/c1-10-6-12(3)16(7-11(10)2)17(20-18)15-8-13(4)19-14(5)9-15/h6-9,17,20H,18H2,1-5H3. The molecule has 0 amide bonds. The van der Waals surface area contributed by atoms with Gasteiger partial charge in [0.05, 0.1) is 6.04 Å². The minimum Gasteiger partial charge on any atom is -0.271 e. The Balaban J connectivity index is 2.55. The summed E-state index contributed by atoms with van der Waals surface area (Å²) in [5.74, 6) is 5.82. The summed E-state index contributed by atoms with van der Waals surface area (Å²) in [5.41, 5.74) is 11.2. The molecule has 0 aliphatic rings. The van der Waals surface area contributed by atoms with Gasteiger partial charge in [0.25, 0.3) is 0 Å². The number of nitrogens with zero attached hydrogens (tertiary/aromatic N) is 1. The predicted octanol–water partition coefficient (Wildman–Crippen LogP) is 3.18. The van der Waals surface area contributed by atoms with Crippen LogP contribution in [0.15, 0.2) is 24.3 Å². The van der Waals surface area contributed by atoms with E-state index in [1.165, 1.54) is 22.3 Å². The summed E-state index contributed by atoms with van der Waals surface area (Å²) >= 11 is 0. The molecule has 2 aromatic rings. The number of nitrogens with two attached hydrogens (primary N) is 1. The highest BCUT2D eigenvalue weighted by atomic mass is 15.2. The lowest BCUT2D eigenvalue weighted by atomic mass is 9.92. The molecule has 0 saturated carbocycles. The summed E-state index contributed by atoms with van der Waals surface area (Å²) in [6, 6.07) is 8.61. The van der Waals surface area contributed by atoms with Crippen LogP contribution in [-0.4, -0.2) is 4.98 Å². The van der Waals surface area contributed by atoms with Gasteiger partial charge in [-0.2, -0.15) is 0 Å². The molecule has 3 N–H and O–H groups in total. The average molecular weight is 269 g/mol. The van der Waals surface area contributed by atoms with E-state index < -0.39 is 0 Å². The van der Waals surface area contributed by atoms with Crippen molar-refractivity contribution in [3.63, 3.8) is 0 Å². The van der Waals surface area contributed by atoms with Crippen LogP contribution in [-0.2, 0) is 0 Å². The molecule has 2 rings (SSSR count). The SMILES string of the molecule is Cc1cc(C(NN)c2cc(C)c(C)cc2C)cc(C)n1. The van der Waals surface area contributed by atoms with Crippen molar-refractivity contribution in [2.75, 3.05) is 0 Å². The van der Waals surface area contributed by atoms with Gasteiger partial charge >= 0.3 is 0 Å². The Morgan fingerprint density at radius 3 is 1.95 bits per heavy atom. The van der Waals surface area contributed by atoms with E-state index in [4.69, 9.17) is 5.84 Å². The fraction of sp³-hybridized carbons (Fsp3) is 0.353. The number of aryl methyl sites for hydroxylation is 5. The first-order chi connectivity index (χ1) is 9.42. The first-order valence-electron chi connectivity index (χ1n) is 6.91. The third kappa shape index (κ3) is 2.89. The maximum absolute atomic E-state index is 5.82. The Hall–Kier alpha value is -1.71. The van der Waals surface area contributed by atoms with Crippen LogP contribution in [0.1, 0.15) is 45.2 Å². The van der Waals surface area contributed by atoms with E-state index in [1.54, 1.807) is 0 Å². The first kappa shape index (κ1) is 14.7. The first-order valence-corrected chi connectivity index (χ1v) is 6.91. The zero-order valence-corrected chi connectivity index (χ0v) is 12.9. The molecule has 0 spiro atoms. The number of hydrogen-bond acceptors (Lipinski definition) is 3. The quantitative estimate of drug-likeness (QED) is 0.664. The van der Waals surface area contributed by atoms with Crippen LogP contribution < -0.4 is 11.3 Å². The molecule has 20 heavy (non-hydrogen) atoms. The number of rotatable bonds is 3. The molecule has 0 saturated heterocycles. The minimum atomic E-state index is -0.00491. The van der Waals surface area contributed by atoms with Crippen LogP contribution in [0.3, 0.4) is 0 Å². The summed E-state index contributed by atoms with van der Waals surface area (Å²) in [6.45, 7) is 10.4. The van der Waals surface area contributed by atoms with E-state index in [0.29, 0.717) is 0 Å². The monoisotopic (exact) mass is 269 g/mol. The molecule has 0 aliphatic heterocycles. The average Bonchev–Trinajstić information content (AvgIpc) is 2.35. The van der Waals surface area contributed by atoms with Crippen LogP contribution in [0.25, 0.3) is 0 Å². The van der Waals surface area contributed by atoms with Gasteiger partial charge in [-0.05, 0) is 74.6 Å². The van der Waals surface area contributed by atoms with Crippen molar-refractivity contribution in [1.29, 1.82) is 0 Å². The molecular formula is C17H23N3. The number of benzene rings is 1. The number of aromatic nitrogens is 1. The molecule has 106 valence electrons. The number of nitrogens with one attached hydrogen (secondary N) is 1. The highest BCUT2D eigenvalue weighted by Gasteiger charge is 2.16. The van der Waals surface area contributed by atoms with Crippen molar-refractivity contribution in [3.05, 3.63) is 63.5 Å². The molecule has 1 unspecified atom stereocenters. The highest BCUT2D eigenvalue weighted by Crippen LogP contribution is 2.27. The summed E-state index contributed by atoms with van der Waals surface area (Å²) in [4.78, 5) is 4.43. The summed E-state index contributed by atoms with van der Waals surface area (Å²) in [6.07, 6.45) is 0. The third-order valence-electron chi connectivity index (χ3n) is 3.80. The lowest BCUT2D eigenvalue weighted by Gasteiger charge is -2.21. The van der Waals surface area contributed by atoms with Crippen molar-refractivity contribution in [3.8, 4) is 0 Å². The van der Waals surface area contributed by atoms with Gasteiger partial charge in [0.2, 0.25) is 0 Å². The normalized spacial score (nSPS) is 12.5. The van der Waals surface area contributed by atoms with Gasteiger partial charge in [-0.3, -0.25) is 10.8 Å². The largest absolute Gasteiger partial charge is 0.271 e. The van der Waals surface area contributed by atoms with Gasteiger partial charge in [-0.15, -0.1) is 0 Å². The topological polar surface area (TPSA) is 50.9 Å². The van der Waals surface area contributed by atoms with Gasteiger partial charge in [0.15, 0.2) is 0 Å². The number of pyridine rings is 1. The van der Waals surface area contributed by atoms with Crippen LogP contribution in [0.4, 0.5) is 0 Å². The Kier molecular flexibility index (Phi) is 4.21. The molecule has 3 heteroatoms. The fourth-order valence-electron chi connectivity index (χ4n) is 2.69. The molecule has 0 fully saturated rings. The molecule has 1 aromatic carbocycles. The van der Waals surface area contributed by atoms with Crippen molar-refractivity contribution in [2.45, 2.75) is 40.7 Å². The summed E-state index contributed by atoms with van der Waals surface area (Å²) in [5, 5.41) is 0. The smallest absolute Gasteiger partial charge is 0.0714 e. The van der Waals surface area contributed by atoms with Crippen molar-refractivity contribution in [2.24, 2.45) is 5.84 Å². The Labute approximate surface area is 121 Å². The second kappa shape index (κ2) is 5.73. The zero-order valence-electron chi connectivity index (χ0n) is 12.9. The lowest BCUT2D eigenvalue weighted by molar-refractivity contribution is 0.631. The Morgan fingerprint density at radius 1 is 0.850 bits per heavy atom. The Morgan fingerprint density at radius 2 is 1.40 bits per heavy atom. The van der Waals surface area contributed by atoms with E-state index in [2.05, 4.69) is 55.4 Å². The van der Waals surface area contributed by atoms with Crippen molar-refractivity contribution in [1.82, 2.24) is 10.4 Å². The molecule has 1 aromatic heterocycles. The molecule has 0 aliphatic carbocycles. The van der Waals surface area contributed by atoms with Gasteiger partial charge in [-0.1, -0.05) is 12.1 Å². The van der Waals surface area contributed by atoms with Gasteiger partial charge < -0.3 is 0 Å². The fourth-order valence-corrected chi connectivity index (χ4v) is 2.69. The van der Waals surface area contributed by atoms with Gasteiger partial charge in [0.1, 0.15) is 0 Å². The highest BCUT2D eigenvalue weighted by molar-refractivity contribution is 5.42.